The number of nitrogens with one attached hydrogen (secondary N) is 1. The SMILES string of the molecule is C#CCNC(N)=NCCCCCCCC.I. The van der Waals surface area contributed by atoms with Gasteiger partial charge in [0.2, 0.25) is 0 Å². The van der Waals surface area contributed by atoms with Gasteiger partial charge in [0, 0.05) is 6.54 Å². The van der Waals surface area contributed by atoms with E-state index < -0.39 is 0 Å². The number of terminal acetylenes is 1. The van der Waals surface area contributed by atoms with E-state index in [-0.39, 0.29) is 24.0 Å². The molecule has 0 aliphatic rings. The molecule has 0 aromatic rings. The Labute approximate surface area is 117 Å². The second kappa shape index (κ2) is 14.6. The molecule has 0 radical (unpaired) electrons. The Bertz CT molecular complexity index is 209. The first kappa shape index (κ1) is 17.9. The zero-order valence-electron chi connectivity index (χ0n) is 10.2. The van der Waals surface area contributed by atoms with Crippen LogP contribution in [-0.4, -0.2) is 19.0 Å². The minimum Gasteiger partial charge on any atom is -0.370 e. The first-order chi connectivity index (χ1) is 7.31. The maximum absolute atomic E-state index is 5.57. The van der Waals surface area contributed by atoms with Crippen LogP contribution in [0.3, 0.4) is 0 Å². The van der Waals surface area contributed by atoms with Crippen molar-refractivity contribution < 1.29 is 0 Å². The Morgan fingerprint density at radius 3 is 2.50 bits per heavy atom. The molecule has 0 unspecified atom stereocenters. The van der Waals surface area contributed by atoms with E-state index in [1.807, 2.05) is 0 Å². The lowest BCUT2D eigenvalue weighted by Crippen LogP contribution is -2.31. The first-order valence-electron chi connectivity index (χ1n) is 5.78. The number of unbranched alkanes of at least 4 members (excludes halogenated alkanes) is 5. The van der Waals surface area contributed by atoms with Gasteiger partial charge in [0.05, 0.1) is 6.54 Å². The van der Waals surface area contributed by atoms with Gasteiger partial charge in [-0.2, -0.15) is 0 Å². The molecule has 0 saturated carbocycles. The smallest absolute Gasteiger partial charge is 0.189 e. The molecule has 0 rings (SSSR count). The van der Waals surface area contributed by atoms with Gasteiger partial charge >= 0.3 is 0 Å². The molecule has 0 saturated heterocycles. The molecule has 0 aromatic heterocycles. The summed E-state index contributed by atoms with van der Waals surface area (Å²) in [5, 5.41) is 2.84. The van der Waals surface area contributed by atoms with E-state index in [2.05, 4.69) is 23.2 Å². The lowest BCUT2D eigenvalue weighted by molar-refractivity contribution is 0.612. The second-order valence-corrected chi connectivity index (χ2v) is 3.59. The average Bonchev–Trinajstić information content (AvgIpc) is 2.25. The monoisotopic (exact) mass is 337 g/mol. The first-order valence-corrected chi connectivity index (χ1v) is 5.78. The molecular weight excluding hydrogens is 313 g/mol. The van der Waals surface area contributed by atoms with Gasteiger partial charge in [-0.25, -0.2) is 0 Å². The van der Waals surface area contributed by atoms with Crippen molar-refractivity contribution in [3.8, 4) is 12.3 Å². The van der Waals surface area contributed by atoms with Crippen molar-refractivity contribution in [2.24, 2.45) is 10.7 Å². The van der Waals surface area contributed by atoms with Crippen LogP contribution in [0.5, 0.6) is 0 Å². The summed E-state index contributed by atoms with van der Waals surface area (Å²) in [5.74, 6) is 2.91. The fourth-order valence-electron chi connectivity index (χ4n) is 1.29. The third kappa shape index (κ3) is 13.6. The Morgan fingerprint density at radius 2 is 1.88 bits per heavy atom. The molecule has 0 amide bonds. The van der Waals surface area contributed by atoms with Crippen LogP contribution in [0.4, 0.5) is 0 Å². The van der Waals surface area contributed by atoms with Crippen LogP contribution < -0.4 is 11.1 Å². The molecule has 0 fully saturated rings. The highest BCUT2D eigenvalue weighted by atomic mass is 127. The quantitative estimate of drug-likeness (QED) is 0.235. The van der Waals surface area contributed by atoms with E-state index in [9.17, 15) is 0 Å². The van der Waals surface area contributed by atoms with Gasteiger partial charge in [0.1, 0.15) is 0 Å². The van der Waals surface area contributed by atoms with E-state index >= 15 is 0 Å². The third-order valence-corrected chi connectivity index (χ3v) is 2.17. The van der Waals surface area contributed by atoms with Crippen molar-refractivity contribution in [1.82, 2.24) is 5.32 Å². The number of nitrogens with zero attached hydrogens (tertiary/aromatic N) is 1. The zero-order chi connectivity index (χ0) is 11.4. The van der Waals surface area contributed by atoms with E-state index in [1.54, 1.807) is 0 Å². The molecular formula is C12H24IN3. The number of guanidine groups is 1. The van der Waals surface area contributed by atoms with Crippen LogP contribution in [-0.2, 0) is 0 Å². The predicted octanol–water partition coefficient (Wildman–Crippen LogP) is 2.50. The van der Waals surface area contributed by atoms with Crippen molar-refractivity contribution in [2.75, 3.05) is 13.1 Å². The van der Waals surface area contributed by atoms with Crippen LogP contribution in [0.1, 0.15) is 45.4 Å². The predicted molar refractivity (Wildman–Crippen MR) is 82.1 cm³/mol. The van der Waals surface area contributed by atoms with Crippen molar-refractivity contribution >= 4 is 29.9 Å². The molecule has 4 heteroatoms. The Balaban J connectivity index is 0. The topological polar surface area (TPSA) is 50.4 Å². The molecule has 0 bridgehead atoms. The summed E-state index contributed by atoms with van der Waals surface area (Å²) in [5.41, 5.74) is 5.57. The highest BCUT2D eigenvalue weighted by molar-refractivity contribution is 14.0. The molecule has 0 heterocycles. The molecule has 0 aliphatic carbocycles. The summed E-state index contributed by atoms with van der Waals surface area (Å²) >= 11 is 0. The number of rotatable bonds is 8. The molecule has 0 aliphatic heterocycles. The molecule has 0 aromatic carbocycles. The molecule has 3 nitrogen and oxygen atoms in total. The fraction of sp³-hybridized carbons (Fsp3) is 0.750. The lowest BCUT2D eigenvalue weighted by Gasteiger charge is -2.01. The molecule has 3 N–H and O–H groups in total. The second-order valence-electron chi connectivity index (χ2n) is 3.59. The minimum absolute atomic E-state index is 0. The summed E-state index contributed by atoms with van der Waals surface area (Å²) in [7, 11) is 0. The van der Waals surface area contributed by atoms with Gasteiger partial charge in [0.15, 0.2) is 5.96 Å². The van der Waals surface area contributed by atoms with Crippen LogP contribution >= 0.6 is 24.0 Å². The van der Waals surface area contributed by atoms with Crippen molar-refractivity contribution in [2.45, 2.75) is 45.4 Å². The Hall–Kier alpha value is -0.440. The van der Waals surface area contributed by atoms with Gasteiger partial charge in [-0.3, -0.25) is 4.99 Å². The number of hydrogen-bond donors (Lipinski definition) is 2. The van der Waals surface area contributed by atoms with Crippen LogP contribution in [0.25, 0.3) is 0 Å². The fourth-order valence-corrected chi connectivity index (χ4v) is 1.29. The molecule has 0 spiro atoms. The van der Waals surface area contributed by atoms with Gasteiger partial charge in [-0.15, -0.1) is 30.4 Å². The molecule has 94 valence electrons. The van der Waals surface area contributed by atoms with Crippen LogP contribution in [0, 0.1) is 12.3 Å². The summed E-state index contributed by atoms with van der Waals surface area (Å²) in [6.45, 7) is 3.48. The van der Waals surface area contributed by atoms with E-state index in [0.717, 1.165) is 13.0 Å². The molecule has 0 atom stereocenters. The maximum atomic E-state index is 5.57. The normalized spacial score (nSPS) is 10.4. The number of hydrogen-bond acceptors (Lipinski definition) is 1. The van der Waals surface area contributed by atoms with E-state index in [0.29, 0.717) is 12.5 Å². The number of aliphatic imine (C=N–C) groups is 1. The van der Waals surface area contributed by atoms with Crippen molar-refractivity contribution in [3.05, 3.63) is 0 Å². The zero-order valence-corrected chi connectivity index (χ0v) is 12.5. The summed E-state index contributed by atoms with van der Waals surface area (Å²) < 4.78 is 0. The average molecular weight is 337 g/mol. The van der Waals surface area contributed by atoms with E-state index in [1.165, 1.54) is 32.1 Å². The van der Waals surface area contributed by atoms with Crippen molar-refractivity contribution in [3.63, 3.8) is 0 Å². The molecule has 16 heavy (non-hydrogen) atoms. The Morgan fingerprint density at radius 1 is 1.25 bits per heavy atom. The summed E-state index contributed by atoms with van der Waals surface area (Å²) in [6.07, 6.45) is 12.7. The van der Waals surface area contributed by atoms with Gasteiger partial charge in [0.25, 0.3) is 0 Å². The summed E-state index contributed by atoms with van der Waals surface area (Å²) in [6, 6.07) is 0. The van der Waals surface area contributed by atoms with Gasteiger partial charge in [-0.05, 0) is 6.42 Å². The number of nitrogens with two attached hydrogens (primary N) is 1. The maximum Gasteiger partial charge on any atom is 0.189 e. The third-order valence-electron chi connectivity index (χ3n) is 2.17. The van der Waals surface area contributed by atoms with Crippen molar-refractivity contribution in [1.29, 1.82) is 0 Å². The van der Waals surface area contributed by atoms with Crippen LogP contribution in [0.15, 0.2) is 4.99 Å². The Kier molecular flexibility index (Phi) is 16.3. The van der Waals surface area contributed by atoms with E-state index in [4.69, 9.17) is 12.2 Å². The highest BCUT2D eigenvalue weighted by Gasteiger charge is 1.90. The largest absolute Gasteiger partial charge is 0.370 e. The van der Waals surface area contributed by atoms with Gasteiger partial charge in [-0.1, -0.05) is 44.9 Å². The standard InChI is InChI=1S/C12H23N3.HI/c1-3-5-6-7-8-9-11-15-12(13)14-10-4-2;/h2H,3,5-11H2,1H3,(H3,13,14,15);1H. The minimum atomic E-state index is 0. The van der Waals surface area contributed by atoms with Crippen LogP contribution in [0.2, 0.25) is 0 Å². The summed E-state index contributed by atoms with van der Waals surface area (Å²) in [4.78, 5) is 4.17. The van der Waals surface area contributed by atoms with Gasteiger partial charge < -0.3 is 11.1 Å². The lowest BCUT2D eigenvalue weighted by atomic mass is 10.1. The number of halogens is 1. The highest BCUT2D eigenvalue weighted by Crippen LogP contribution is 2.04.